The van der Waals surface area contributed by atoms with E-state index in [0.717, 1.165) is 11.1 Å². The Balaban J connectivity index is 2.14. The molecule has 1 heterocycles. The predicted octanol–water partition coefficient (Wildman–Crippen LogP) is 4.37. The Morgan fingerprint density at radius 1 is 1.10 bits per heavy atom. The SMILES string of the molecule is Cc1ccc(Oc2c(F)cc(N)c3cccnc23)cc1C. The van der Waals surface area contributed by atoms with E-state index in [9.17, 15) is 4.39 Å². The second-order valence-electron chi connectivity index (χ2n) is 5.02. The van der Waals surface area contributed by atoms with E-state index in [1.807, 2.05) is 32.0 Å². The van der Waals surface area contributed by atoms with Crippen LogP contribution in [0.5, 0.6) is 11.5 Å². The van der Waals surface area contributed by atoms with Crippen LogP contribution in [0.15, 0.2) is 42.6 Å². The summed E-state index contributed by atoms with van der Waals surface area (Å²) in [6.45, 7) is 4.00. The number of hydrogen-bond acceptors (Lipinski definition) is 3. The van der Waals surface area contributed by atoms with Crippen molar-refractivity contribution >= 4 is 16.6 Å². The first-order valence-corrected chi connectivity index (χ1v) is 6.64. The molecule has 3 rings (SSSR count). The number of ether oxygens (including phenoxy) is 1. The van der Waals surface area contributed by atoms with Crippen molar-refractivity contribution < 1.29 is 9.13 Å². The van der Waals surface area contributed by atoms with E-state index >= 15 is 0 Å². The van der Waals surface area contributed by atoms with Crippen LogP contribution >= 0.6 is 0 Å². The summed E-state index contributed by atoms with van der Waals surface area (Å²) in [5.41, 5.74) is 8.84. The van der Waals surface area contributed by atoms with E-state index < -0.39 is 5.82 Å². The summed E-state index contributed by atoms with van der Waals surface area (Å²) in [5.74, 6) is 0.161. The third kappa shape index (κ3) is 2.40. The summed E-state index contributed by atoms with van der Waals surface area (Å²) in [6, 6.07) is 10.4. The van der Waals surface area contributed by atoms with E-state index in [0.29, 0.717) is 22.3 Å². The molecule has 0 saturated carbocycles. The first-order valence-electron chi connectivity index (χ1n) is 6.64. The summed E-state index contributed by atoms with van der Waals surface area (Å²) in [7, 11) is 0. The number of nitrogens with two attached hydrogens (primary N) is 1. The highest BCUT2D eigenvalue weighted by molar-refractivity contribution is 5.94. The molecule has 0 fully saturated rings. The molecule has 21 heavy (non-hydrogen) atoms. The molecule has 3 nitrogen and oxygen atoms in total. The Bertz CT molecular complexity index is 830. The van der Waals surface area contributed by atoms with Crippen molar-refractivity contribution in [1.29, 1.82) is 0 Å². The summed E-state index contributed by atoms with van der Waals surface area (Å²) < 4.78 is 19.9. The number of benzene rings is 2. The second kappa shape index (κ2) is 5.05. The third-order valence-corrected chi connectivity index (χ3v) is 3.53. The molecule has 0 amide bonds. The topological polar surface area (TPSA) is 48.1 Å². The maximum Gasteiger partial charge on any atom is 0.189 e. The van der Waals surface area contributed by atoms with Gasteiger partial charge in [-0.3, -0.25) is 4.98 Å². The number of halogens is 1. The Kier molecular flexibility index (Phi) is 3.22. The van der Waals surface area contributed by atoms with Gasteiger partial charge in [-0.25, -0.2) is 4.39 Å². The molecule has 0 spiro atoms. The molecule has 106 valence electrons. The lowest BCUT2D eigenvalue weighted by atomic mass is 10.1. The van der Waals surface area contributed by atoms with Gasteiger partial charge in [0.2, 0.25) is 0 Å². The summed E-state index contributed by atoms with van der Waals surface area (Å²) in [4.78, 5) is 4.19. The largest absolute Gasteiger partial charge is 0.452 e. The molecule has 0 radical (unpaired) electrons. The molecule has 2 N–H and O–H groups in total. The molecule has 1 aromatic heterocycles. The molecule has 0 unspecified atom stereocenters. The molecule has 3 aromatic rings. The van der Waals surface area contributed by atoms with Crippen LogP contribution in [0.4, 0.5) is 10.1 Å². The van der Waals surface area contributed by atoms with E-state index in [-0.39, 0.29) is 5.75 Å². The average Bonchev–Trinajstić information content (AvgIpc) is 2.47. The summed E-state index contributed by atoms with van der Waals surface area (Å²) in [5, 5.41) is 0.678. The molecule has 2 aromatic carbocycles. The lowest BCUT2D eigenvalue weighted by Crippen LogP contribution is -1.96. The third-order valence-electron chi connectivity index (χ3n) is 3.53. The maximum absolute atomic E-state index is 14.2. The number of hydrogen-bond donors (Lipinski definition) is 1. The fraction of sp³-hybridized carbons (Fsp3) is 0.118. The second-order valence-corrected chi connectivity index (χ2v) is 5.02. The number of nitrogens with zero attached hydrogens (tertiary/aromatic N) is 1. The lowest BCUT2D eigenvalue weighted by molar-refractivity contribution is 0.447. The van der Waals surface area contributed by atoms with Gasteiger partial charge in [-0.15, -0.1) is 0 Å². The molecule has 0 aliphatic carbocycles. The Morgan fingerprint density at radius 3 is 2.67 bits per heavy atom. The van der Waals surface area contributed by atoms with Crippen molar-refractivity contribution in [1.82, 2.24) is 4.98 Å². The number of fused-ring (bicyclic) bond motifs is 1. The van der Waals surface area contributed by atoms with Gasteiger partial charge in [0.15, 0.2) is 11.6 Å². The normalized spacial score (nSPS) is 10.8. The highest BCUT2D eigenvalue weighted by Crippen LogP contribution is 2.35. The van der Waals surface area contributed by atoms with E-state index in [1.165, 1.54) is 6.07 Å². The fourth-order valence-electron chi connectivity index (χ4n) is 2.20. The van der Waals surface area contributed by atoms with Crippen molar-refractivity contribution in [2.24, 2.45) is 0 Å². The highest BCUT2D eigenvalue weighted by atomic mass is 19.1. The number of rotatable bonds is 2. The van der Waals surface area contributed by atoms with Crippen LogP contribution in [0.2, 0.25) is 0 Å². The maximum atomic E-state index is 14.2. The molecular formula is C17H15FN2O. The van der Waals surface area contributed by atoms with Gasteiger partial charge < -0.3 is 10.5 Å². The first-order chi connectivity index (χ1) is 10.1. The number of aromatic nitrogens is 1. The zero-order chi connectivity index (χ0) is 15.0. The predicted molar refractivity (Wildman–Crippen MR) is 82.1 cm³/mol. The van der Waals surface area contributed by atoms with Crippen LogP contribution in [0.1, 0.15) is 11.1 Å². The van der Waals surface area contributed by atoms with E-state index in [4.69, 9.17) is 10.5 Å². The molecular weight excluding hydrogens is 267 g/mol. The zero-order valence-corrected chi connectivity index (χ0v) is 11.9. The van der Waals surface area contributed by atoms with Crippen LogP contribution in [-0.4, -0.2) is 4.98 Å². The molecule has 0 saturated heterocycles. The van der Waals surface area contributed by atoms with Crippen molar-refractivity contribution in [2.45, 2.75) is 13.8 Å². The molecule has 0 atom stereocenters. The highest BCUT2D eigenvalue weighted by Gasteiger charge is 2.14. The summed E-state index contributed by atoms with van der Waals surface area (Å²) in [6.07, 6.45) is 1.59. The number of pyridine rings is 1. The van der Waals surface area contributed by atoms with Gasteiger partial charge in [-0.05, 0) is 49.2 Å². The zero-order valence-electron chi connectivity index (χ0n) is 11.9. The van der Waals surface area contributed by atoms with Crippen molar-refractivity contribution in [3.8, 4) is 11.5 Å². The minimum absolute atomic E-state index is 0.100. The van der Waals surface area contributed by atoms with Gasteiger partial charge >= 0.3 is 0 Å². The van der Waals surface area contributed by atoms with E-state index in [1.54, 1.807) is 18.3 Å². The van der Waals surface area contributed by atoms with Gasteiger partial charge in [0.25, 0.3) is 0 Å². The summed E-state index contributed by atoms with van der Waals surface area (Å²) >= 11 is 0. The van der Waals surface area contributed by atoms with Crippen LogP contribution in [0.3, 0.4) is 0 Å². The monoisotopic (exact) mass is 282 g/mol. The molecule has 4 heteroatoms. The van der Waals surface area contributed by atoms with Crippen molar-refractivity contribution in [2.75, 3.05) is 5.73 Å². The minimum atomic E-state index is -0.517. The first kappa shape index (κ1) is 13.4. The average molecular weight is 282 g/mol. The Morgan fingerprint density at radius 2 is 1.90 bits per heavy atom. The quantitative estimate of drug-likeness (QED) is 0.710. The van der Waals surface area contributed by atoms with Gasteiger partial charge in [0.05, 0.1) is 0 Å². The van der Waals surface area contributed by atoms with Crippen LogP contribution in [0, 0.1) is 19.7 Å². The fourth-order valence-corrected chi connectivity index (χ4v) is 2.20. The molecule has 0 aliphatic heterocycles. The van der Waals surface area contributed by atoms with Crippen molar-refractivity contribution in [3.63, 3.8) is 0 Å². The standard InChI is InChI=1S/C17H15FN2O/c1-10-5-6-12(8-11(10)2)21-17-14(18)9-15(19)13-4-3-7-20-16(13)17/h3-9H,19H2,1-2H3. The number of nitrogen functional groups attached to an aromatic ring is 1. The van der Waals surface area contributed by atoms with Crippen LogP contribution < -0.4 is 10.5 Å². The number of aryl methyl sites for hydroxylation is 2. The molecule has 0 aliphatic rings. The van der Waals surface area contributed by atoms with E-state index in [2.05, 4.69) is 4.98 Å². The number of anilines is 1. The van der Waals surface area contributed by atoms with Crippen molar-refractivity contribution in [3.05, 3.63) is 59.5 Å². The lowest BCUT2D eigenvalue weighted by Gasteiger charge is -2.12. The molecule has 0 bridgehead atoms. The Labute approximate surface area is 122 Å². The van der Waals surface area contributed by atoms with Crippen LogP contribution in [-0.2, 0) is 0 Å². The van der Waals surface area contributed by atoms with Crippen LogP contribution in [0.25, 0.3) is 10.9 Å². The van der Waals surface area contributed by atoms with Gasteiger partial charge in [-0.1, -0.05) is 6.07 Å². The van der Waals surface area contributed by atoms with Gasteiger partial charge in [0, 0.05) is 23.3 Å². The minimum Gasteiger partial charge on any atom is -0.452 e. The smallest absolute Gasteiger partial charge is 0.189 e. The van der Waals surface area contributed by atoms with Gasteiger partial charge in [-0.2, -0.15) is 0 Å². The van der Waals surface area contributed by atoms with Gasteiger partial charge in [0.1, 0.15) is 11.3 Å². The Hall–Kier alpha value is -2.62.